The highest BCUT2D eigenvalue weighted by Gasteiger charge is 2.54. The first kappa shape index (κ1) is 33.5. The van der Waals surface area contributed by atoms with Gasteiger partial charge in [0.2, 0.25) is 0 Å². The Balaban J connectivity index is 1.23. The van der Waals surface area contributed by atoms with Crippen LogP contribution in [0.4, 0.5) is 0 Å². The predicted octanol–water partition coefficient (Wildman–Crippen LogP) is 6.86. The van der Waals surface area contributed by atoms with Gasteiger partial charge in [-0.15, -0.1) is 0 Å². The van der Waals surface area contributed by atoms with Gasteiger partial charge in [-0.25, -0.2) is 4.79 Å². The number of ether oxygens (including phenoxy) is 4. The number of amides is 1. The fraction of sp³-hybridized carbons (Fsp3) is 0.237. The number of hydrogen-bond acceptors (Lipinski definition) is 10. The summed E-state index contributed by atoms with van der Waals surface area (Å²) in [5, 5.41) is 2.87. The molecule has 0 atom stereocenters. The summed E-state index contributed by atoms with van der Waals surface area (Å²) < 4.78 is 22.9. The molecule has 4 aromatic rings. The number of hydrogen-bond donors (Lipinski definition) is 1. The van der Waals surface area contributed by atoms with Crippen LogP contribution in [0.3, 0.4) is 0 Å². The van der Waals surface area contributed by atoms with Gasteiger partial charge in [0.25, 0.3) is 5.91 Å². The van der Waals surface area contributed by atoms with E-state index in [0.29, 0.717) is 23.1 Å². The highest BCUT2D eigenvalue weighted by molar-refractivity contribution is 8.13. The van der Waals surface area contributed by atoms with E-state index in [9.17, 15) is 24.0 Å². The maximum Gasteiger partial charge on any atom is 0.340 e. The van der Waals surface area contributed by atoms with Crippen LogP contribution in [0.2, 0.25) is 0 Å². The third kappa shape index (κ3) is 6.54. The molecular weight excluding hydrogens is 646 g/mol. The maximum absolute atomic E-state index is 13.5. The van der Waals surface area contributed by atoms with E-state index in [1.807, 2.05) is 20.8 Å². The second-order valence-corrected chi connectivity index (χ2v) is 13.1. The molecule has 11 heteroatoms. The van der Waals surface area contributed by atoms with Crippen molar-refractivity contribution in [3.05, 3.63) is 111 Å². The van der Waals surface area contributed by atoms with Crippen LogP contribution in [0.25, 0.3) is 0 Å². The minimum Gasteiger partial charge on any atom is -0.456 e. The fourth-order valence-electron chi connectivity index (χ4n) is 6.32. The van der Waals surface area contributed by atoms with E-state index in [-0.39, 0.29) is 52.2 Å². The van der Waals surface area contributed by atoms with E-state index in [1.54, 1.807) is 36.4 Å². The van der Waals surface area contributed by atoms with Crippen molar-refractivity contribution in [3.8, 4) is 23.0 Å². The molecular formula is C38H33NO9S. The number of thioether (sulfide) groups is 1. The number of carbonyl (C=O) groups is 5. The summed E-state index contributed by atoms with van der Waals surface area (Å²) in [7, 11) is 0. The number of rotatable bonds is 8. The highest BCUT2D eigenvalue weighted by atomic mass is 32.2. The molecule has 1 amide bonds. The van der Waals surface area contributed by atoms with Crippen LogP contribution in [-0.2, 0) is 24.7 Å². The largest absolute Gasteiger partial charge is 0.456 e. The number of aryl methyl sites for hydroxylation is 3. The number of esters is 3. The van der Waals surface area contributed by atoms with E-state index < -0.39 is 29.4 Å². The molecule has 1 spiro atoms. The standard InChI is InChI=1S/C38H33NO9S/c1-20-15-21(2)35(22(3)16-20)49-34(42)7-6-14-39-36(43)25-8-11-29-28(17-25)37(44)48-38(29)30-12-9-26(45-23(4)40)18-32(30)47-33-19-27(46-24(5)41)10-13-31(33)38/h8-13,15-19H,6-7,14H2,1-5H3,(H,39,43). The SMILES string of the molecule is CC(=O)Oc1ccc2c(c1)Oc1cc(OC(C)=O)ccc1C21OC(=O)c2cc(C(=O)NCCCC(=O)Sc3c(C)cc(C)cc3C)ccc21. The van der Waals surface area contributed by atoms with Crippen LogP contribution < -0.4 is 19.5 Å². The van der Waals surface area contributed by atoms with E-state index >= 15 is 0 Å². The molecule has 2 aliphatic heterocycles. The van der Waals surface area contributed by atoms with Crippen LogP contribution in [0.5, 0.6) is 23.0 Å². The van der Waals surface area contributed by atoms with Crippen molar-refractivity contribution in [2.75, 3.05) is 6.54 Å². The van der Waals surface area contributed by atoms with E-state index in [1.165, 1.54) is 43.8 Å². The summed E-state index contributed by atoms with van der Waals surface area (Å²) in [6.45, 7) is 8.84. The van der Waals surface area contributed by atoms with Gasteiger partial charge >= 0.3 is 17.9 Å². The van der Waals surface area contributed by atoms with E-state index in [4.69, 9.17) is 18.9 Å². The molecule has 1 N–H and O–H groups in total. The predicted molar refractivity (Wildman–Crippen MR) is 180 cm³/mol. The van der Waals surface area contributed by atoms with Crippen molar-refractivity contribution in [3.63, 3.8) is 0 Å². The fourth-order valence-corrected chi connectivity index (χ4v) is 7.23. The summed E-state index contributed by atoms with van der Waals surface area (Å²) in [5.41, 5.74) is 3.66. The van der Waals surface area contributed by atoms with Crippen molar-refractivity contribution in [1.29, 1.82) is 0 Å². The first-order valence-electron chi connectivity index (χ1n) is 15.6. The summed E-state index contributed by atoms with van der Waals surface area (Å²) in [5.74, 6) is -1.14. The number of fused-ring (bicyclic) bond motifs is 6. The van der Waals surface area contributed by atoms with Gasteiger partial charge < -0.3 is 24.3 Å². The van der Waals surface area contributed by atoms with Crippen molar-refractivity contribution < 1.29 is 42.9 Å². The Kier molecular flexibility index (Phi) is 9.04. The maximum atomic E-state index is 13.5. The Morgan fingerprint density at radius 2 is 1.35 bits per heavy atom. The van der Waals surface area contributed by atoms with E-state index in [2.05, 4.69) is 17.4 Å². The molecule has 2 heterocycles. The zero-order valence-corrected chi connectivity index (χ0v) is 28.4. The third-order valence-electron chi connectivity index (χ3n) is 8.20. The van der Waals surface area contributed by atoms with Crippen LogP contribution in [-0.4, -0.2) is 35.5 Å². The van der Waals surface area contributed by atoms with Crippen LogP contribution in [0.1, 0.15) is 80.8 Å². The molecule has 0 aromatic heterocycles. The number of carbonyl (C=O) groups excluding carboxylic acids is 5. The molecule has 0 radical (unpaired) electrons. The molecule has 0 saturated carbocycles. The van der Waals surface area contributed by atoms with Crippen LogP contribution in [0, 0.1) is 20.8 Å². The Labute approximate surface area is 287 Å². The second kappa shape index (κ2) is 13.2. The lowest BCUT2D eigenvalue weighted by atomic mass is 9.77. The average molecular weight is 680 g/mol. The van der Waals surface area contributed by atoms with Gasteiger partial charge in [0.05, 0.1) is 5.56 Å². The molecule has 0 unspecified atom stereocenters. The zero-order valence-electron chi connectivity index (χ0n) is 27.6. The Hall–Kier alpha value is -5.42. The monoisotopic (exact) mass is 679 g/mol. The molecule has 6 rings (SSSR count). The summed E-state index contributed by atoms with van der Waals surface area (Å²) in [6.07, 6.45) is 0.742. The van der Waals surface area contributed by atoms with Crippen LogP contribution >= 0.6 is 11.8 Å². The minimum atomic E-state index is -1.47. The molecule has 0 saturated heterocycles. The average Bonchev–Trinajstić information content (AvgIpc) is 3.31. The highest BCUT2D eigenvalue weighted by Crippen LogP contribution is 2.57. The summed E-state index contributed by atoms with van der Waals surface area (Å²) in [4.78, 5) is 63.7. The molecule has 250 valence electrons. The van der Waals surface area contributed by atoms with Gasteiger partial charge in [-0.1, -0.05) is 35.5 Å². The van der Waals surface area contributed by atoms with Gasteiger partial charge in [-0.3, -0.25) is 19.2 Å². The lowest BCUT2D eigenvalue weighted by molar-refractivity contribution is -0.132. The summed E-state index contributed by atoms with van der Waals surface area (Å²) in [6, 6.07) is 18.4. The molecule has 0 fully saturated rings. The normalized spacial score (nSPS) is 13.4. The molecule has 49 heavy (non-hydrogen) atoms. The molecule has 0 aliphatic carbocycles. The topological polar surface area (TPSA) is 134 Å². The van der Waals surface area contributed by atoms with Gasteiger partial charge in [-0.2, -0.15) is 0 Å². The lowest BCUT2D eigenvalue weighted by Gasteiger charge is -2.36. The van der Waals surface area contributed by atoms with Gasteiger partial charge in [0, 0.05) is 66.1 Å². The smallest absolute Gasteiger partial charge is 0.340 e. The van der Waals surface area contributed by atoms with Crippen molar-refractivity contribution >= 4 is 40.7 Å². The third-order valence-corrected chi connectivity index (χ3v) is 9.48. The van der Waals surface area contributed by atoms with Crippen molar-refractivity contribution in [2.24, 2.45) is 0 Å². The number of benzene rings is 4. The molecule has 2 aliphatic rings. The van der Waals surface area contributed by atoms with Gasteiger partial charge in [-0.05, 0) is 74.7 Å². The zero-order chi connectivity index (χ0) is 35.0. The first-order chi connectivity index (χ1) is 23.3. The van der Waals surface area contributed by atoms with Gasteiger partial charge in [0.1, 0.15) is 23.0 Å². The van der Waals surface area contributed by atoms with Crippen LogP contribution in [0.15, 0.2) is 71.6 Å². The number of nitrogens with one attached hydrogen (secondary N) is 1. The van der Waals surface area contributed by atoms with Crippen molar-refractivity contribution in [1.82, 2.24) is 5.32 Å². The second-order valence-electron chi connectivity index (χ2n) is 12.0. The Morgan fingerprint density at radius 3 is 1.92 bits per heavy atom. The lowest BCUT2D eigenvalue weighted by Crippen LogP contribution is -2.33. The van der Waals surface area contributed by atoms with Crippen molar-refractivity contribution in [2.45, 2.75) is 58.0 Å². The van der Waals surface area contributed by atoms with E-state index in [0.717, 1.165) is 21.6 Å². The molecule has 4 aromatic carbocycles. The first-order valence-corrected chi connectivity index (χ1v) is 16.5. The molecule has 0 bridgehead atoms. The Morgan fingerprint density at radius 1 is 0.776 bits per heavy atom. The minimum absolute atomic E-state index is 0.0202. The Bertz CT molecular complexity index is 1980. The summed E-state index contributed by atoms with van der Waals surface area (Å²) >= 11 is 1.23. The van der Waals surface area contributed by atoms with Gasteiger partial charge in [0.15, 0.2) is 10.7 Å². The quantitative estimate of drug-likeness (QED) is 0.0911. The molecule has 10 nitrogen and oxygen atoms in total.